The van der Waals surface area contributed by atoms with Gasteiger partial charge in [0.05, 0.1) is 45.2 Å². The van der Waals surface area contributed by atoms with E-state index in [2.05, 4.69) is 29.6 Å². The van der Waals surface area contributed by atoms with Crippen LogP contribution in [-0.4, -0.2) is 38.5 Å². The van der Waals surface area contributed by atoms with Crippen LogP contribution in [0.15, 0.2) is 91.0 Å². The van der Waals surface area contributed by atoms with Crippen LogP contribution >= 0.6 is 58.8 Å². The number of hydrogen-bond acceptors (Lipinski definition) is 5. The van der Waals surface area contributed by atoms with Crippen molar-refractivity contribution in [2.24, 2.45) is 0 Å². The third-order valence-corrected chi connectivity index (χ3v) is 8.22. The van der Waals surface area contributed by atoms with E-state index in [4.69, 9.17) is 65.4 Å². The predicted molar refractivity (Wildman–Crippen MR) is 186 cm³/mol. The fourth-order valence-corrected chi connectivity index (χ4v) is 6.45. The van der Waals surface area contributed by atoms with Gasteiger partial charge in [0.15, 0.2) is 0 Å². The predicted octanol–water partition coefficient (Wildman–Crippen LogP) is 9.57. The van der Waals surface area contributed by atoms with Crippen molar-refractivity contribution in [2.45, 2.75) is 44.4 Å². The second kappa shape index (κ2) is 18.3. The average Bonchev–Trinajstić information content (AvgIpc) is 3.01. The van der Waals surface area contributed by atoms with Crippen molar-refractivity contribution in [3.05, 3.63) is 133 Å². The molecule has 4 aromatic rings. The Morgan fingerprint density at radius 1 is 0.600 bits per heavy atom. The van der Waals surface area contributed by atoms with Crippen LogP contribution in [0.3, 0.4) is 0 Å². The fourth-order valence-electron chi connectivity index (χ4n) is 5.31. The molecule has 10 heteroatoms. The third-order valence-electron chi connectivity index (χ3n) is 7.34. The molecule has 0 aliphatic carbocycles. The number of ether oxygens (including phenoxy) is 4. The van der Waals surface area contributed by atoms with E-state index < -0.39 is 0 Å². The van der Waals surface area contributed by atoms with Gasteiger partial charge in [-0.05, 0) is 70.8 Å². The maximum atomic E-state index is 6.48. The lowest BCUT2D eigenvalue weighted by Gasteiger charge is -2.39. The summed E-state index contributed by atoms with van der Waals surface area (Å²) in [6.07, 6.45) is 0.474. The number of nitrogens with one attached hydrogen (secondary N) is 1. The standard InChI is InChI=1S/C35H35Cl4NO4.ClH/c36-28-13-25(14-29(37)17-28)22-43-33-19-40-20-34(44-23-26-15-30(38)18-31(39)16-26)35(33)27-7-9-32(10-8-27)42-12-4-11-41-21-24-5-2-1-3-6-24;/h1-3,5-10,13-18,33-35,40H,4,11-12,19-23H2;1H/t33-,34+,35?;. The van der Waals surface area contributed by atoms with Gasteiger partial charge in [0.1, 0.15) is 5.75 Å². The molecule has 0 spiro atoms. The molecule has 0 amide bonds. The molecule has 4 aromatic carbocycles. The molecule has 3 atom stereocenters. The van der Waals surface area contributed by atoms with Crippen LogP contribution in [0.2, 0.25) is 20.1 Å². The van der Waals surface area contributed by atoms with Crippen LogP contribution < -0.4 is 10.1 Å². The minimum atomic E-state index is -0.164. The molecule has 0 radical (unpaired) electrons. The lowest BCUT2D eigenvalue weighted by molar-refractivity contribution is -0.0650. The molecule has 1 saturated heterocycles. The molecule has 0 bridgehead atoms. The quantitative estimate of drug-likeness (QED) is 0.132. The van der Waals surface area contributed by atoms with Crippen molar-refractivity contribution in [1.82, 2.24) is 5.32 Å². The first-order valence-electron chi connectivity index (χ1n) is 14.6. The van der Waals surface area contributed by atoms with Gasteiger partial charge >= 0.3 is 0 Å². The fraction of sp³-hybridized carbons (Fsp3) is 0.314. The van der Waals surface area contributed by atoms with E-state index >= 15 is 0 Å². The Kier molecular flexibility index (Phi) is 14.6. The Morgan fingerprint density at radius 3 is 1.67 bits per heavy atom. The average molecular weight is 712 g/mol. The van der Waals surface area contributed by atoms with E-state index in [1.807, 2.05) is 54.6 Å². The van der Waals surface area contributed by atoms with Gasteiger partial charge in [0.25, 0.3) is 0 Å². The van der Waals surface area contributed by atoms with Gasteiger partial charge in [0, 0.05) is 45.5 Å². The maximum absolute atomic E-state index is 6.48. The number of rotatable bonds is 14. The smallest absolute Gasteiger partial charge is 0.119 e. The normalized spacial score (nSPS) is 17.9. The molecule has 0 aromatic heterocycles. The Morgan fingerprint density at radius 2 is 1.13 bits per heavy atom. The summed E-state index contributed by atoms with van der Waals surface area (Å²) in [7, 11) is 0. The topological polar surface area (TPSA) is 49.0 Å². The summed E-state index contributed by atoms with van der Waals surface area (Å²) in [6, 6.07) is 29.3. The van der Waals surface area contributed by atoms with Crippen LogP contribution in [0.5, 0.6) is 5.75 Å². The molecule has 1 aliphatic heterocycles. The van der Waals surface area contributed by atoms with Gasteiger partial charge in [-0.15, -0.1) is 12.4 Å². The molecular formula is C35H36Cl5NO4. The minimum Gasteiger partial charge on any atom is -0.494 e. The van der Waals surface area contributed by atoms with Gasteiger partial charge in [-0.25, -0.2) is 0 Å². The zero-order valence-electron chi connectivity index (χ0n) is 24.6. The lowest BCUT2D eigenvalue weighted by Crippen LogP contribution is -2.50. The highest BCUT2D eigenvalue weighted by Crippen LogP contribution is 2.33. The molecule has 0 saturated carbocycles. The zero-order chi connectivity index (χ0) is 30.7. The zero-order valence-corrected chi connectivity index (χ0v) is 28.4. The Hall–Kier alpha value is -2.03. The molecule has 45 heavy (non-hydrogen) atoms. The summed E-state index contributed by atoms with van der Waals surface area (Å²) in [5.74, 6) is 0.767. The molecule has 1 fully saturated rings. The van der Waals surface area contributed by atoms with Crippen molar-refractivity contribution < 1.29 is 18.9 Å². The monoisotopic (exact) mass is 709 g/mol. The number of hydrogen-bond donors (Lipinski definition) is 1. The van der Waals surface area contributed by atoms with E-state index in [0.29, 0.717) is 66.2 Å². The maximum Gasteiger partial charge on any atom is 0.119 e. The van der Waals surface area contributed by atoms with E-state index in [1.165, 1.54) is 5.56 Å². The highest BCUT2D eigenvalue weighted by molar-refractivity contribution is 6.35. The second-order valence-corrected chi connectivity index (χ2v) is 12.5. The number of halogens is 5. The third kappa shape index (κ3) is 11.3. The van der Waals surface area contributed by atoms with Crippen LogP contribution in [0.4, 0.5) is 0 Å². The van der Waals surface area contributed by atoms with Gasteiger partial charge in [-0.3, -0.25) is 0 Å². The molecule has 1 N–H and O–H groups in total. The molecule has 1 unspecified atom stereocenters. The van der Waals surface area contributed by atoms with Crippen molar-refractivity contribution >= 4 is 58.8 Å². The van der Waals surface area contributed by atoms with Crippen molar-refractivity contribution in [1.29, 1.82) is 0 Å². The van der Waals surface area contributed by atoms with E-state index in [1.54, 1.807) is 12.1 Å². The van der Waals surface area contributed by atoms with Crippen molar-refractivity contribution in [3.63, 3.8) is 0 Å². The number of piperidine rings is 1. The van der Waals surface area contributed by atoms with Crippen molar-refractivity contribution in [2.75, 3.05) is 26.3 Å². The van der Waals surface area contributed by atoms with Gasteiger partial charge in [0.2, 0.25) is 0 Å². The summed E-state index contributed by atoms with van der Waals surface area (Å²) in [4.78, 5) is 0. The van der Waals surface area contributed by atoms with Crippen LogP contribution in [0, 0.1) is 0 Å². The van der Waals surface area contributed by atoms with Crippen LogP contribution in [-0.2, 0) is 34.0 Å². The van der Waals surface area contributed by atoms with Gasteiger partial charge in [-0.2, -0.15) is 0 Å². The van der Waals surface area contributed by atoms with Crippen molar-refractivity contribution in [3.8, 4) is 5.75 Å². The molecule has 240 valence electrons. The van der Waals surface area contributed by atoms with E-state index in [0.717, 1.165) is 28.9 Å². The summed E-state index contributed by atoms with van der Waals surface area (Å²) >= 11 is 24.9. The highest BCUT2D eigenvalue weighted by atomic mass is 35.5. The minimum absolute atomic E-state index is 0. The highest BCUT2D eigenvalue weighted by Gasteiger charge is 2.36. The molecule has 5 rings (SSSR count). The summed E-state index contributed by atoms with van der Waals surface area (Å²) in [5.41, 5.74) is 4.09. The Bertz CT molecular complexity index is 1370. The van der Waals surface area contributed by atoms with Crippen LogP contribution in [0.25, 0.3) is 0 Å². The molecular weight excluding hydrogens is 676 g/mol. The Labute approximate surface area is 291 Å². The second-order valence-electron chi connectivity index (χ2n) is 10.7. The first kappa shape index (κ1) is 35.8. The first-order chi connectivity index (χ1) is 21.4. The molecule has 5 nitrogen and oxygen atoms in total. The SMILES string of the molecule is Cl.Clc1cc(Cl)cc(CO[C@H]2CNC[C@@H](OCc3cc(Cl)cc(Cl)c3)C2c2ccc(OCCCOCc3ccccc3)cc2)c1. The number of benzene rings is 4. The Balaban J connectivity index is 0.00000461. The van der Waals surface area contributed by atoms with E-state index in [-0.39, 0.29) is 30.5 Å². The van der Waals surface area contributed by atoms with Gasteiger partial charge in [-0.1, -0.05) is 88.9 Å². The summed E-state index contributed by atoms with van der Waals surface area (Å²) in [6.45, 7) is 3.89. The van der Waals surface area contributed by atoms with Crippen LogP contribution in [0.1, 0.15) is 34.6 Å². The largest absolute Gasteiger partial charge is 0.494 e. The lowest BCUT2D eigenvalue weighted by atomic mass is 9.85. The van der Waals surface area contributed by atoms with Gasteiger partial charge < -0.3 is 24.3 Å². The summed E-state index contributed by atoms with van der Waals surface area (Å²) < 4.78 is 24.7. The summed E-state index contributed by atoms with van der Waals surface area (Å²) in [5, 5.41) is 5.79. The first-order valence-corrected chi connectivity index (χ1v) is 16.1. The molecule has 1 aliphatic rings. The molecule has 1 heterocycles. The van der Waals surface area contributed by atoms with E-state index in [9.17, 15) is 0 Å².